The highest BCUT2D eigenvalue weighted by Gasteiger charge is 2.60. The highest BCUT2D eigenvalue weighted by molar-refractivity contribution is 6.07. The third-order valence-corrected chi connectivity index (χ3v) is 6.99. The molecule has 1 saturated carbocycles. The van der Waals surface area contributed by atoms with E-state index in [2.05, 4.69) is 0 Å². The Bertz CT molecular complexity index is 938. The van der Waals surface area contributed by atoms with Crippen molar-refractivity contribution in [1.29, 1.82) is 0 Å². The molecule has 3 amide bonds. The summed E-state index contributed by atoms with van der Waals surface area (Å²) in [4.78, 5) is 53.9. The summed E-state index contributed by atoms with van der Waals surface area (Å²) in [6, 6.07) is 5.11. The van der Waals surface area contributed by atoms with Crippen LogP contribution in [0.1, 0.15) is 51.1 Å². The number of likely N-dealkylation sites (tertiary alicyclic amines) is 1. The van der Waals surface area contributed by atoms with Crippen molar-refractivity contribution < 1.29 is 19.3 Å². The van der Waals surface area contributed by atoms with Gasteiger partial charge in [-0.1, -0.05) is 38.1 Å². The van der Waals surface area contributed by atoms with Crippen LogP contribution in [-0.2, 0) is 14.4 Å². The maximum Gasteiger partial charge on any atom is 0.269 e. The Balaban J connectivity index is 1.69. The van der Waals surface area contributed by atoms with E-state index in [1.165, 1.54) is 23.1 Å². The number of amides is 3. The van der Waals surface area contributed by atoms with Crippen molar-refractivity contribution in [3.05, 3.63) is 52.1 Å². The first-order valence-corrected chi connectivity index (χ1v) is 11.4. The van der Waals surface area contributed by atoms with Crippen LogP contribution in [0.5, 0.6) is 0 Å². The van der Waals surface area contributed by atoms with Crippen LogP contribution in [0.3, 0.4) is 0 Å². The number of carbonyl (C=O) groups is 3. The van der Waals surface area contributed by atoms with Gasteiger partial charge in [0, 0.05) is 25.2 Å². The molecule has 5 unspecified atom stereocenters. The van der Waals surface area contributed by atoms with E-state index in [1.54, 1.807) is 11.0 Å². The number of non-ortho nitro benzene ring substituents is 1. The highest BCUT2D eigenvalue weighted by Crippen LogP contribution is 2.54. The Morgan fingerprint density at radius 1 is 1.12 bits per heavy atom. The molecule has 8 nitrogen and oxygen atoms in total. The van der Waals surface area contributed by atoms with Gasteiger partial charge in [0.05, 0.1) is 29.2 Å². The molecule has 1 heterocycles. The predicted octanol–water partition coefficient (Wildman–Crippen LogP) is 3.48. The molecule has 32 heavy (non-hydrogen) atoms. The van der Waals surface area contributed by atoms with Crippen molar-refractivity contribution in [2.75, 3.05) is 13.1 Å². The van der Waals surface area contributed by atoms with E-state index in [-0.39, 0.29) is 53.5 Å². The second-order valence-corrected chi connectivity index (χ2v) is 9.00. The lowest BCUT2D eigenvalue weighted by atomic mass is 9.85. The van der Waals surface area contributed by atoms with Gasteiger partial charge in [-0.05, 0) is 36.7 Å². The normalized spacial score (nSPS) is 26.5. The van der Waals surface area contributed by atoms with Crippen molar-refractivity contribution in [2.45, 2.75) is 45.6 Å². The molecular formula is C24H29N3O5. The fraction of sp³-hybridized carbons (Fsp3) is 0.542. The molecule has 0 spiro atoms. The molecule has 1 saturated heterocycles. The van der Waals surface area contributed by atoms with Gasteiger partial charge in [0.25, 0.3) is 5.69 Å². The molecule has 1 aromatic rings. The SMILES string of the molecule is CCCN(CCC)C(=O)CC(c1cccc([N+](=O)[O-])c1)N1C(=O)C2C3C=CC(C3)C2C1=O. The second-order valence-electron chi connectivity index (χ2n) is 9.00. The smallest absolute Gasteiger partial charge is 0.269 e. The van der Waals surface area contributed by atoms with Crippen LogP contribution in [0.4, 0.5) is 5.69 Å². The molecule has 3 aliphatic rings. The zero-order chi connectivity index (χ0) is 23.0. The molecule has 0 radical (unpaired) electrons. The molecule has 1 aromatic carbocycles. The van der Waals surface area contributed by atoms with Crippen LogP contribution in [0.25, 0.3) is 0 Å². The summed E-state index contributed by atoms with van der Waals surface area (Å²) >= 11 is 0. The number of nitro groups is 1. The Kier molecular flexibility index (Phi) is 6.13. The van der Waals surface area contributed by atoms with E-state index in [0.717, 1.165) is 19.3 Å². The van der Waals surface area contributed by atoms with Crippen LogP contribution < -0.4 is 0 Å². The number of nitrogens with zero attached hydrogens (tertiary/aromatic N) is 3. The maximum absolute atomic E-state index is 13.4. The molecular weight excluding hydrogens is 410 g/mol. The highest BCUT2D eigenvalue weighted by atomic mass is 16.6. The first-order chi connectivity index (χ1) is 15.4. The predicted molar refractivity (Wildman–Crippen MR) is 117 cm³/mol. The van der Waals surface area contributed by atoms with Gasteiger partial charge in [-0.15, -0.1) is 0 Å². The van der Waals surface area contributed by atoms with Crippen molar-refractivity contribution in [2.24, 2.45) is 23.7 Å². The molecule has 1 aliphatic heterocycles. The molecule has 0 N–H and O–H groups in total. The lowest BCUT2D eigenvalue weighted by Gasteiger charge is -2.30. The quantitative estimate of drug-likeness (QED) is 0.254. The first kappa shape index (κ1) is 22.2. The third kappa shape index (κ3) is 3.72. The average Bonchev–Trinajstić information content (AvgIpc) is 3.46. The lowest BCUT2D eigenvalue weighted by Crippen LogP contribution is -2.41. The zero-order valence-electron chi connectivity index (χ0n) is 18.5. The van der Waals surface area contributed by atoms with Gasteiger partial charge in [0.2, 0.25) is 17.7 Å². The molecule has 170 valence electrons. The summed E-state index contributed by atoms with van der Waals surface area (Å²) in [5.41, 5.74) is 0.322. The number of fused-ring (bicyclic) bond motifs is 5. The van der Waals surface area contributed by atoms with E-state index in [4.69, 9.17) is 0 Å². The number of benzene rings is 1. The number of rotatable bonds is 9. The summed E-state index contributed by atoms with van der Waals surface area (Å²) in [7, 11) is 0. The second kappa shape index (κ2) is 8.84. The molecule has 5 atom stereocenters. The Labute approximate surface area is 187 Å². The third-order valence-electron chi connectivity index (χ3n) is 6.99. The van der Waals surface area contributed by atoms with Gasteiger partial charge in [0.15, 0.2) is 0 Å². The average molecular weight is 440 g/mol. The molecule has 0 aromatic heterocycles. The van der Waals surface area contributed by atoms with Crippen LogP contribution in [0.2, 0.25) is 0 Å². The van der Waals surface area contributed by atoms with Gasteiger partial charge >= 0.3 is 0 Å². The minimum atomic E-state index is -0.844. The van der Waals surface area contributed by atoms with Crippen molar-refractivity contribution in [3.8, 4) is 0 Å². The van der Waals surface area contributed by atoms with Gasteiger partial charge in [0.1, 0.15) is 0 Å². The van der Waals surface area contributed by atoms with Crippen LogP contribution in [0, 0.1) is 33.8 Å². The van der Waals surface area contributed by atoms with E-state index in [1.807, 2.05) is 26.0 Å². The summed E-state index contributed by atoms with van der Waals surface area (Å²) in [5, 5.41) is 11.4. The fourth-order valence-electron chi connectivity index (χ4n) is 5.63. The molecule has 2 bridgehead atoms. The van der Waals surface area contributed by atoms with Crippen molar-refractivity contribution in [3.63, 3.8) is 0 Å². The standard InChI is InChI=1S/C24H29N3O5/c1-3-10-25(11-4-2)20(28)14-19(15-6-5-7-18(13-15)27(31)32)26-23(29)21-16-8-9-17(12-16)22(21)24(26)30/h5-9,13,16-17,19,21-22H,3-4,10-12,14H2,1-2H3. The lowest BCUT2D eigenvalue weighted by molar-refractivity contribution is -0.385. The fourth-order valence-corrected chi connectivity index (χ4v) is 5.63. The minimum absolute atomic E-state index is 0.0598. The minimum Gasteiger partial charge on any atom is -0.343 e. The summed E-state index contributed by atoms with van der Waals surface area (Å²) < 4.78 is 0. The summed E-state index contributed by atoms with van der Waals surface area (Å²) in [6.07, 6.45) is 6.40. The van der Waals surface area contributed by atoms with Crippen molar-refractivity contribution in [1.82, 2.24) is 9.80 Å². The number of hydrogen-bond acceptors (Lipinski definition) is 5. The van der Waals surface area contributed by atoms with Gasteiger partial charge in [-0.2, -0.15) is 0 Å². The van der Waals surface area contributed by atoms with Crippen LogP contribution >= 0.6 is 0 Å². The zero-order valence-corrected chi connectivity index (χ0v) is 18.5. The summed E-state index contributed by atoms with van der Waals surface area (Å²) in [5.74, 6) is -1.29. The van der Waals surface area contributed by atoms with Gasteiger partial charge in [-0.3, -0.25) is 29.4 Å². The summed E-state index contributed by atoms with van der Waals surface area (Å²) in [6.45, 7) is 5.17. The maximum atomic E-state index is 13.4. The largest absolute Gasteiger partial charge is 0.343 e. The molecule has 2 aliphatic carbocycles. The Hall–Kier alpha value is -3.03. The van der Waals surface area contributed by atoms with Crippen LogP contribution in [0.15, 0.2) is 36.4 Å². The number of allylic oxidation sites excluding steroid dienone is 2. The van der Waals surface area contributed by atoms with Gasteiger partial charge < -0.3 is 4.90 Å². The monoisotopic (exact) mass is 439 g/mol. The van der Waals surface area contributed by atoms with Crippen LogP contribution in [-0.4, -0.2) is 45.5 Å². The Morgan fingerprint density at radius 3 is 2.25 bits per heavy atom. The van der Waals surface area contributed by atoms with E-state index >= 15 is 0 Å². The Morgan fingerprint density at radius 2 is 1.72 bits per heavy atom. The number of imide groups is 1. The van der Waals surface area contributed by atoms with E-state index in [9.17, 15) is 24.5 Å². The number of carbonyl (C=O) groups excluding carboxylic acids is 3. The van der Waals surface area contributed by atoms with E-state index < -0.39 is 11.0 Å². The first-order valence-electron chi connectivity index (χ1n) is 11.4. The number of hydrogen-bond donors (Lipinski definition) is 0. The van der Waals surface area contributed by atoms with E-state index in [0.29, 0.717) is 18.7 Å². The molecule has 2 fully saturated rings. The topological polar surface area (TPSA) is 101 Å². The molecule has 4 rings (SSSR count). The van der Waals surface area contributed by atoms with Crippen molar-refractivity contribution >= 4 is 23.4 Å². The number of nitro benzene ring substituents is 1. The van der Waals surface area contributed by atoms with Gasteiger partial charge in [-0.25, -0.2) is 0 Å². The molecule has 8 heteroatoms.